The molecule has 3 nitrogen and oxygen atoms in total. The zero-order valence-electron chi connectivity index (χ0n) is 14.4. The molecule has 0 aliphatic heterocycles. The number of ether oxygens (including phenoxy) is 2. The van der Waals surface area contributed by atoms with E-state index in [9.17, 15) is 8.78 Å². The zero-order chi connectivity index (χ0) is 18.8. The molecule has 136 valence electrons. The second-order valence-electron chi connectivity index (χ2n) is 5.81. The Morgan fingerprint density at radius 1 is 1.00 bits per heavy atom. The predicted molar refractivity (Wildman–Crippen MR) is 106 cm³/mol. The zero-order valence-corrected chi connectivity index (χ0v) is 15.2. The first kappa shape index (κ1) is 17.4. The van der Waals surface area contributed by atoms with Gasteiger partial charge in [0.25, 0.3) is 0 Å². The van der Waals surface area contributed by atoms with Crippen LogP contribution in [0.15, 0.2) is 54.6 Å². The van der Waals surface area contributed by atoms with Gasteiger partial charge in [0.05, 0.1) is 17.3 Å². The van der Waals surface area contributed by atoms with Crippen LogP contribution in [0.3, 0.4) is 0 Å². The number of halogens is 2. The second-order valence-corrected chi connectivity index (χ2v) is 6.87. The van der Waals surface area contributed by atoms with E-state index in [1.807, 2.05) is 24.3 Å². The van der Waals surface area contributed by atoms with Crippen molar-refractivity contribution in [1.82, 2.24) is 4.98 Å². The Labute approximate surface area is 158 Å². The average Bonchev–Trinajstić information content (AvgIpc) is 3.10. The Bertz CT molecular complexity index is 1140. The van der Waals surface area contributed by atoms with Crippen LogP contribution in [-0.2, 0) is 0 Å². The van der Waals surface area contributed by atoms with Gasteiger partial charge < -0.3 is 9.47 Å². The molecule has 4 rings (SSSR count). The lowest BCUT2D eigenvalue weighted by atomic mass is 10.1. The third kappa shape index (κ3) is 3.61. The van der Waals surface area contributed by atoms with Gasteiger partial charge >= 0.3 is 6.61 Å². The highest BCUT2D eigenvalue weighted by Crippen LogP contribution is 2.32. The Balaban J connectivity index is 1.65. The third-order valence-corrected chi connectivity index (χ3v) is 5.11. The van der Waals surface area contributed by atoms with E-state index in [-0.39, 0.29) is 11.5 Å². The van der Waals surface area contributed by atoms with Crippen molar-refractivity contribution < 1.29 is 18.3 Å². The quantitative estimate of drug-likeness (QED) is 0.409. The van der Waals surface area contributed by atoms with Crippen molar-refractivity contribution in [2.24, 2.45) is 0 Å². The number of alkyl halides is 2. The molecule has 0 radical (unpaired) electrons. The van der Waals surface area contributed by atoms with E-state index in [0.29, 0.717) is 0 Å². The van der Waals surface area contributed by atoms with Crippen LogP contribution in [0.25, 0.3) is 33.1 Å². The lowest BCUT2D eigenvalue weighted by Gasteiger charge is -2.10. The van der Waals surface area contributed by atoms with E-state index in [2.05, 4.69) is 29.0 Å². The summed E-state index contributed by atoms with van der Waals surface area (Å²) in [5.41, 5.74) is 1.79. The molecule has 0 saturated carbocycles. The van der Waals surface area contributed by atoms with Gasteiger partial charge in [-0.2, -0.15) is 8.78 Å². The molecular formula is C21H15F2NO2S. The summed E-state index contributed by atoms with van der Waals surface area (Å²) in [5, 5.41) is 3.15. The summed E-state index contributed by atoms with van der Waals surface area (Å²) < 4.78 is 35.5. The van der Waals surface area contributed by atoms with Crippen molar-refractivity contribution in [1.29, 1.82) is 0 Å². The van der Waals surface area contributed by atoms with Crippen LogP contribution < -0.4 is 9.47 Å². The monoisotopic (exact) mass is 383 g/mol. The molecule has 0 aliphatic rings. The summed E-state index contributed by atoms with van der Waals surface area (Å²) in [6.45, 7) is -2.89. The van der Waals surface area contributed by atoms with Crippen LogP contribution in [0.1, 0.15) is 10.6 Å². The number of hydrogen-bond acceptors (Lipinski definition) is 4. The Hall–Kier alpha value is -2.99. The molecular weight excluding hydrogens is 368 g/mol. The molecule has 0 fully saturated rings. The summed E-state index contributed by atoms with van der Waals surface area (Å²) >= 11 is 1.60. The van der Waals surface area contributed by atoms with Crippen LogP contribution >= 0.6 is 11.3 Å². The van der Waals surface area contributed by atoms with Crippen LogP contribution in [-0.4, -0.2) is 18.7 Å². The van der Waals surface area contributed by atoms with Gasteiger partial charge in [0.2, 0.25) is 0 Å². The van der Waals surface area contributed by atoms with Crippen molar-refractivity contribution in [3.05, 3.63) is 65.2 Å². The molecule has 3 aromatic carbocycles. The molecule has 1 aromatic heterocycles. The Morgan fingerprint density at radius 3 is 2.67 bits per heavy atom. The van der Waals surface area contributed by atoms with Gasteiger partial charge in [-0.25, -0.2) is 4.98 Å². The largest absolute Gasteiger partial charge is 0.493 e. The molecule has 0 spiro atoms. The van der Waals surface area contributed by atoms with Crippen molar-refractivity contribution in [3.63, 3.8) is 0 Å². The SMILES string of the molecule is COc1cc(C=Cc2nc3c(ccc4ccccc43)s2)ccc1OC(F)F. The predicted octanol–water partition coefficient (Wildman–Crippen LogP) is 6.23. The standard InChI is InChI=1S/C21H15F2NO2S/c1-25-17-12-13(6-9-16(17)26-21(22)23)7-11-19-24-20-15-5-3-2-4-14(15)8-10-18(20)27-19/h2-12,21H,1H3. The first-order valence-electron chi connectivity index (χ1n) is 8.23. The van der Waals surface area contributed by atoms with E-state index < -0.39 is 6.61 Å². The molecule has 0 N–H and O–H groups in total. The fraction of sp³-hybridized carbons (Fsp3) is 0.0952. The molecule has 0 bridgehead atoms. The molecule has 6 heteroatoms. The topological polar surface area (TPSA) is 31.4 Å². The van der Waals surface area contributed by atoms with Crippen LogP contribution in [0.5, 0.6) is 11.5 Å². The maximum atomic E-state index is 12.4. The van der Waals surface area contributed by atoms with Crippen LogP contribution in [0, 0.1) is 0 Å². The van der Waals surface area contributed by atoms with Gasteiger partial charge in [0.1, 0.15) is 5.01 Å². The summed E-state index contributed by atoms with van der Waals surface area (Å²) in [5.74, 6) is 0.267. The minimum atomic E-state index is -2.89. The molecule has 27 heavy (non-hydrogen) atoms. The molecule has 1 heterocycles. The molecule has 4 aromatic rings. The lowest BCUT2D eigenvalue weighted by Crippen LogP contribution is -2.03. The van der Waals surface area contributed by atoms with Crippen LogP contribution in [0.2, 0.25) is 0 Å². The molecule has 0 amide bonds. The number of thiazole rings is 1. The Kier molecular flexibility index (Phi) is 4.73. The number of hydrogen-bond donors (Lipinski definition) is 0. The van der Waals surface area contributed by atoms with Gasteiger partial charge in [-0.15, -0.1) is 11.3 Å². The Morgan fingerprint density at radius 2 is 1.85 bits per heavy atom. The first-order valence-corrected chi connectivity index (χ1v) is 9.05. The summed E-state index contributed by atoms with van der Waals surface area (Å²) in [4.78, 5) is 4.73. The maximum absolute atomic E-state index is 12.4. The average molecular weight is 383 g/mol. The van der Waals surface area contributed by atoms with Gasteiger partial charge in [-0.05, 0) is 35.2 Å². The fourth-order valence-electron chi connectivity index (χ4n) is 2.90. The number of benzene rings is 3. The van der Waals surface area contributed by atoms with Crippen molar-refractivity contribution in [2.75, 3.05) is 7.11 Å². The molecule has 0 saturated heterocycles. The van der Waals surface area contributed by atoms with Gasteiger partial charge in [0.15, 0.2) is 11.5 Å². The second kappa shape index (κ2) is 7.32. The molecule has 0 aliphatic carbocycles. The number of methoxy groups -OCH3 is 1. The number of fused-ring (bicyclic) bond motifs is 3. The van der Waals surface area contributed by atoms with Crippen molar-refractivity contribution in [2.45, 2.75) is 6.61 Å². The summed E-state index contributed by atoms with van der Waals surface area (Å²) in [7, 11) is 1.42. The highest BCUT2D eigenvalue weighted by atomic mass is 32.1. The minimum Gasteiger partial charge on any atom is -0.493 e. The maximum Gasteiger partial charge on any atom is 0.387 e. The highest BCUT2D eigenvalue weighted by molar-refractivity contribution is 7.19. The number of nitrogens with zero attached hydrogens (tertiary/aromatic N) is 1. The number of rotatable bonds is 5. The van der Waals surface area contributed by atoms with E-state index in [4.69, 9.17) is 9.72 Å². The first-order chi connectivity index (χ1) is 13.1. The molecule has 0 atom stereocenters. The fourth-order valence-corrected chi connectivity index (χ4v) is 3.79. The summed E-state index contributed by atoms with van der Waals surface area (Å²) in [6, 6.07) is 17.1. The smallest absolute Gasteiger partial charge is 0.387 e. The van der Waals surface area contributed by atoms with Crippen LogP contribution in [0.4, 0.5) is 8.78 Å². The van der Waals surface area contributed by atoms with E-state index >= 15 is 0 Å². The van der Waals surface area contributed by atoms with E-state index in [0.717, 1.165) is 31.6 Å². The third-order valence-electron chi connectivity index (χ3n) is 4.12. The minimum absolute atomic E-state index is 0.0103. The highest BCUT2D eigenvalue weighted by Gasteiger charge is 2.10. The van der Waals surface area contributed by atoms with E-state index in [1.165, 1.54) is 13.2 Å². The van der Waals surface area contributed by atoms with Gasteiger partial charge in [0, 0.05) is 5.39 Å². The van der Waals surface area contributed by atoms with E-state index in [1.54, 1.807) is 23.5 Å². The lowest BCUT2D eigenvalue weighted by molar-refractivity contribution is -0.0512. The van der Waals surface area contributed by atoms with Crippen molar-refractivity contribution in [3.8, 4) is 11.5 Å². The van der Waals surface area contributed by atoms with Crippen molar-refractivity contribution >= 4 is 44.5 Å². The normalized spacial score (nSPS) is 11.7. The molecule has 0 unspecified atom stereocenters. The number of aromatic nitrogens is 1. The van der Waals surface area contributed by atoms with Gasteiger partial charge in [-0.3, -0.25) is 0 Å². The summed E-state index contributed by atoms with van der Waals surface area (Å²) in [6.07, 6.45) is 3.77. The van der Waals surface area contributed by atoms with Gasteiger partial charge in [-0.1, -0.05) is 42.5 Å².